The molecule has 0 radical (unpaired) electrons. The summed E-state index contributed by atoms with van der Waals surface area (Å²) in [5.41, 5.74) is 0.135. The predicted octanol–water partition coefficient (Wildman–Crippen LogP) is 3.45. The highest BCUT2D eigenvalue weighted by atomic mass is 35.5. The third kappa shape index (κ3) is 3.21. The maximum atomic E-state index is 6.08. The van der Waals surface area contributed by atoms with Crippen LogP contribution in [0.1, 0.15) is 52.4 Å². The number of rotatable bonds is 6. The summed E-state index contributed by atoms with van der Waals surface area (Å²) < 4.78 is 1.99. The zero-order valence-electron chi connectivity index (χ0n) is 10.7. The van der Waals surface area contributed by atoms with Gasteiger partial charge in [-0.2, -0.15) is 5.10 Å². The van der Waals surface area contributed by atoms with Crippen molar-refractivity contribution in [1.82, 2.24) is 14.8 Å². The van der Waals surface area contributed by atoms with E-state index in [0.29, 0.717) is 11.9 Å². The number of alkyl halides is 1. The van der Waals surface area contributed by atoms with Gasteiger partial charge in [-0.1, -0.05) is 20.3 Å². The Hall–Kier alpha value is -0.570. The fraction of sp³-hybridized carbons (Fsp3) is 0.833. The highest BCUT2D eigenvalue weighted by Crippen LogP contribution is 2.29. The van der Waals surface area contributed by atoms with Crippen LogP contribution in [0.5, 0.6) is 0 Å². The zero-order valence-corrected chi connectivity index (χ0v) is 11.5. The van der Waals surface area contributed by atoms with Crippen molar-refractivity contribution >= 4 is 11.6 Å². The van der Waals surface area contributed by atoms with Gasteiger partial charge < -0.3 is 0 Å². The SMILES string of the molecule is CCCC(C)(CCl)Cc1ncnn1C(C)C. The maximum absolute atomic E-state index is 6.08. The molecule has 1 unspecified atom stereocenters. The Morgan fingerprint density at radius 2 is 2.19 bits per heavy atom. The molecule has 0 spiro atoms. The normalized spacial score (nSPS) is 15.4. The van der Waals surface area contributed by atoms with Gasteiger partial charge in [-0.05, 0) is 25.7 Å². The largest absolute Gasteiger partial charge is 0.248 e. The van der Waals surface area contributed by atoms with Gasteiger partial charge in [-0.25, -0.2) is 9.67 Å². The number of hydrogen-bond donors (Lipinski definition) is 0. The molecule has 1 heterocycles. The van der Waals surface area contributed by atoms with Crippen molar-refractivity contribution in [1.29, 1.82) is 0 Å². The van der Waals surface area contributed by atoms with Crippen LogP contribution in [-0.2, 0) is 6.42 Å². The molecule has 3 nitrogen and oxygen atoms in total. The van der Waals surface area contributed by atoms with E-state index in [1.807, 2.05) is 4.68 Å². The molecule has 0 bridgehead atoms. The molecule has 1 atom stereocenters. The van der Waals surface area contributed by atoms with E-state index < -0.39 is 0 Å². The van der Waals surface area contributed by atoms with Gasteiger partial charge >= 0.3 is 0 Å². The third-order valence-corrected chi connectivity index (χ3v) is 3.54. The van der Waals surface area contributed by atoms with Crippen molar-refractivity contribution in [3.05, 3.63) is 12.2 Å². The lowest BCUT2D eigenvalue weighted by Gasteiger charge is -2.26. The molecule has 0 fully saturated rings. The molecule has 0 saturated heterocycles. The Kier molecular flexibility index (Phi) is 4.78. The second-order valence-electron chi connectivity index (χ2n) is 5.09. The molecule has 92 valence electrons. The van der Waals surface area contributed by atoms with Crippen LogP contribution in [0.25, 0.3) is 0 Å². The summed E-state index contributed by atoms with van der Waals surface area (Å²) in [6.07, 6.45) is 4.82. The first-order valence-corrected chi connectivity index (χ1v) is 6.50. The van der Waals surface area contributed by atoms with Crippen LogP contribution in [-0.4, -0.2) is 20.6 Å². The van der Waals surface area contributed by atoms with E-state index in [9.17, 15) is 0 Å². The lowest BCUT2D eigenvalue weighted by molar-refractivity contribution is 0.316. The Bertz CT molecular complexity index is 322. The van der Waals surface area contributed by atoms with Crippen molar-refractivity contribution in [2.24, 2.45) is 5.41 Å². The molecule has 4 heteroatoms. The van der Waals surface area contributed by atoms with Crippen LogP contribution >= 0.6 is 11.6 Å². The van der Waals surface area contributed by atoms with Crippen molar-refractivity contribution in [3.63, 3.8) is 0 Å². The van der Waals surface area contributed by atoms with Gasteiger partial charge in [0.15, 0.2) is 0 Å². The van der Waals surface area contributed by atoms with Crippen LogP contribution in [0.3, 0.4) is 0 Å². The molecule has 1 rings (SSSR count). The summed E-state index contributed by atoms with van der Waals surface area (Å²) in [5, 5.41) is 4.26. The molecule has 16 heavy (non-hydrogen) atoms. The van der Waals surface area contributed by atoms with E-state index in [-0.39, 0.29) is 5.41 Å². The maximum Gasteiger partial charge on any atom is 0.138 e. The van der Waals surface area contributed by atoms with Crippen LogP contribution in [0, 0.1) is 5.41 Å². The minimum absolute atomic E-state index is 0.135. The lowest BCUT2D eigenvalue weighted by atomic mass is 9.84. The molecule has 0 aliphatic rings. The van der Waals surface area contributed by atoms with Crippen molar-refractivity contribution in [2.75, 3.05) is 5.88 Å². The molecule has 0 N–H and O–H groups in total. The molecule has 0 aromatic carbocycles. The molecule has 0 aliphatic heterocycles. The van der Waals surface area contributed by atoms with E-state index in [1.165, 1.54) is 0 Å². The molecular formula is C12H22ClN3. The third-order valence-electron chi connectivity index (χ3n) is 2.90. The monoisotopic (exact) mass is 243 g/mol. The van der Waals surface area contributed by atoms with Gasteiger partial charge in [0.1, 0.15) is 12.2 Å². The Balaban J connectivity index is 2.81. The van der Waals surface area contributed by atoms with Crippen molar-refractivity contribution in [2.45, 2.75) is 53.0 Å². The quantitative estimate of drug-likeness (QED) is 0.717. The highest BCUT2D eigenvalue weighted by Gasteiger charge is 2.25. The summed E-state index contributed by atoms with van der Waals surface area (Å²) in [5.74, 6) is 1.72. The Morgan fingerprint density at radius 1 is 1.50 bits per heavy atom. The van der Waals surface area contributed by atoms with E-state index >= 15 is 0 Å². The van der Waals surface area contributed by atoms with Crippen molar-refractivity contribution in [3.8, 4) is 0 Å². The number of aromatic nitrogens is 3. The molecule has 1 aromatic rings. The first kappa shape index (κ1) is 13.5. The Labute approximate surface area is 103 Å². The van der Waals surface area contributed by atoms with Crippen LogP contribution in [0.4, 0.5) is 0 Å². The number of nitrogens with zero attached hydrogens (tertiary/aromatic N) is 3. The summed E-state index contributed by atoms with van der Waals surface area (Å²) >= 11 is 6.08. The van der Waals surface area contributed by atoms with E-state index in [4.69, 9.17) is 11.6 Å². The zero-order chi connectivity index (χ0) is 12.2. The minimum atomic E-state index is 0.135. The Morgan fingerprint density at radius 3 is 2.69 bits per heavy atom. The van der Waals surface area contributed by atoms with Gasteiger partial charge in [0.2, 0.25) is 0 Å². The topological polar surface area (TPSA) is 30.7 Å². The summed E-state index contributed by atoms with van der Waals surface area (Å²) in [7, 11) is 0. The molecule has 0 amide bonds. The lowest BCUT2D eigenvalue weighted by Crippen LogP contribution is -2.24. The molecule has 1 aromatic heterocycles. The predicted molar refractivity (Wildman–Crippen MR) is 67.8 cm³/mol. The minimum Gasteiger partial charge on any atom is -0.248 e. The van der Waals surface area contributed by atoms with Crippen LogP contribution in [0.2, 0.25) is 0 Å². The fourth-order valence-corrected chi connectivity index (χ4v) is 2.25. The van der Waals surface area contributed by atoms with Gasteiger partial charge in [-0.15, -0.1) is 11.6 Å². The molecule has 0 aliphatic carbocycles. The smallest absolute Gasteiger partial charge is 0.138 e. The standard InChI is InChI=1S/C12H22ClN3/c1-5-6-12(4,8-13)7-11-14-9-15-16(11)10(2)3/h9-10H,5-8H2,1-4H3. The number of halogens is 1. The summed E-state index contributed by atoms with van der Waals surface area (Å²) in [4.78, 5) is 4.35. The van der Waals surface area contributed by atoms with E-state index in [0.717, 1.165) is 25.1 Å². The van der Waals surface area contributed by atoms with E-state index in [1.54, 1.807) is 6.33 Å². The second-order valence-corrected chi connectivity index (χ2v) is 5.35. The fourth-order valence-electron chi connectivity index (χ4n) is 2.02. The summed E-state index contributed by atoms with van der Waals surface area (Å²) in [6, 6.07) is 0.360. The van der Waals surface area contributed by atoms with Gasteiger partial charge in [-0.3, -0.25) is 0 Å². The first-order valence-electron chi connectivity index (χ1n) is 5.97. The van der Waals surface area contributed by atoms with Gasteiger partial charge in [0.25, 0.3) is 0 Å². The first-order chi connectivity index (χ1) is 7.52. The average Bonchev–Trinajstić information content (AvgIpc) is 2.66. The van der Waals surface area contributed by atoms with Crippen molar-refractivity contribution < 1.29 is 0 Å². The van der Waals surface area contributed by atoms with Crippen LogP contribution < -0.4 is 0 Å². The molecular weight excluding hydrogens is 222 g/mol. The highest BCUT2D eigenvalue weighted by molar-refractivity contribution is 6.18. The second kappa shape index (κ2) is 5.67. The summed E-state index contributed by atoms with van der Waals surface area (Å²) in [6.45, 7) is 8.66. The van der Waals surface area contributed by atoms with Gasteiger partial charge in [0, 0.05) is 18.3 Å². The number of hydrogen-bond acceptors (Lipinski definition) is 2. The van der Waals surface area contributed by atoms with E-state index in [2.05, 4.69) is 37.8 Å². The van der Waals surface area contributed by atoms with Gasteiger partial charge in [0.05, 0.1) is 0 Å². The average molecular weight is 244 g/mol. The molecule has 0 saturated carbocycles. The van der Waals surface area contributed by atoms with Crippen LogP contribution in [0.15, 0.2) is 6.33 Å².